The van der Waals surface area contributed by atoms with E-state index < -0.39 is 0 Å². The van der Waals surface area contributed by atoms with Crippen molar-refractivity contribution in [3.8, 4) is 0 Å². The summed E-state index contributed by atoms with van der Waals surface area (Å²) in [6, 6.07) is 8.24. The van der Waals surface area contributed by atoms with Gasteiger partial charge in [0.05, 0.1) is 17.0 Å². The fraction of sp³-hybridized carbons (Fsp3) is 0.450. The second-order valence-corrected chi connectivity index (χ2v) is 6.91. The van der Waals surface area contributed by atoms with Gasteiger partial charge in [0, 0.05) is 31.3 Å². The normalized spacial score (nSPS) is 16.7. The minimum Gasteiger partial charge on any atom is -0.327 e. The molecule has 2 aromatic heterocycles. The first-order valence-corrected chi connectivity index (χ1v) is 9.53. The van der Waals surface area contributed by atoms with Crippen LogP contribution in [0.2, 0.25) is 0 Å². The van der Waals surface area contributed by atoms with Crippen LogP contribution in [0.25, 0.3) is 11.0 Å². The van der Waals surface area contributed by atoms with E-state index in [-0.39, 0.29) is 11.8 Å². The quantitative estimate of drug-likeness (QED) is 0.685. The van der Waals surface area contributed by atoms with Gasteiger partial charge in [-0.05, 0) is 25.5 Å². The average Bonchev–Trinajstić information content (AvgIpc) is 3.22. The zero-order chi connectivity index (χ0) is 18.1. The van der Waals surface area contributed by atoms with Gasteiger partial charge in [0.25, 0.3) is 0 Å². The van der Waals surface area contributed by atoms with Gasteiger partial charge >= 0.3 is 0 Å². The van der Waals surface area contributed by atoms with Crippen molar-refractivity contribution in [1.29, 1.82) is 0 Å². The van der Waals surface area contributed by atoms with Gasteiger partial charge in [-0.3, -0.25) is 9.48 Å². The lowest BCUT2D eigenvalue weighted by Gasteiger charge is -2.22. The van der Waals surface area contributed by atoms with Gasteiger partial charge < -0.3 is 9.88 Å². The van der Waals surface area contributed by atoms with Crippen molar-refractivity contribution in [2.45, 2.75) is 58.5 Å². The van der Waals surface area contributed by atoms with Gasteiger partial charge in [-0.15, -0.1) is 0 Å². The standard InChI is InChI=1S/C20H25N5O/c1-3-5-8-11-25-17-10-7-6-9-16(17)21-20(25)14-12-18(26)22-19-15(14)13-24(4-2)23-19/h6-7,9-10,13-14H,3-5,8,11-12H2,1-2H3,(H,22,23,26). The lowest BCUT2D eigenvalue weighted by Crippen LogP contribution is -2.25. The molecule has 1 aromatic carbocycles. The zero-order valence-corrected chi connectivity index (χ0v) is 15.4. The van der Waals surface area contributed by atoms with Crippen LogP contribution in [0, 0.1) is 0 Å². The van der Waals surface area contributed by atoms with E-state index in [1.54, 1.807) is 0 Å². The number of para-hydroxylation sites is 2. The lowest BCUT2D eigenvalue weighted by atomic mass is 9.93. The largest absolute Gasteiger partial charge is 0.327 e. The van der Waals surface area contributed by atoms with Gasteiger partial charge in [0.1, 0.15) is 5.82 Å². The Bertz CT molecular complexity index is 939. The molecule has 0 fully saturated rings. The molecule has 136 valence electrons. The van der Waals surface area contributed by atoms with Crippen LogP contribution < -0.4 is 5.32 Å². The average molecular weight is 351 g/mol. The summed E-state index contributed by atoms with van der Waals surface area (Å²) >= 11 is 0. The Morgan fingerprint density at radius 2 is 2.08 bits per heavy atom. The molecule has 0 saturated carbocycles. The molecule has 26 heavy (non-hydrogen) atoms. The van der Waals surface area contributed by atoms with Crippen LogP contribution in [-0.2, 0) is 17.9 Å². The summed E-state index contributed by atoms with van der Waals surface area (Å²) in [5.74, 6) is 1.62. The van der Waals surface area contributed by atoms with Crippen molar-refractivity contribution in [1.82, 2.24) is 19.3 Å². The van der Waals surface area contributed by atoms with Crippen LogP contribution in [-0.4, -0.2) is 25.2 Å². The van der Waals surface area contributed by atoms with E-state index in [1.807, 2.05) is 10.7 Å². The fourth-order valence-electron chi connectivity index (χ4n) is 3.77. The maximum absolute atomic E-state index is 12.3. The number of imidazole rings is 1. The highest BCUT2D eigenvalue weighted by molar-refractivity contribution is 5.94. The van der Waals surface area contributed by atoms with Crippen LogP contribution in [0.5, 0.6) is 0 Å². The number of unbranched alkanes of at least 4 members (excludes halogenated alkanes) is 2. The van der Waals surface area contributed by atoms with Crippen molar-refractivity contribution < 1.29 is 4.79 Å². The predicted molar refractivity (Wildman–Crippen MR) is 102 cm³/mol. The Morgan fingerprint density at radius 3 is 2.88 bits per heavy atom. The number of carbonyl (C=O) groups is 1. The molecule has 0 saturated heterocycles. The minimum absolute atomic E-state index is 0.0102. The molecule has 1 aliphatic rings. The number of hydrogen-bond donors (Lipinski definition) is 1. The highest BCUT2D eigenvalue weighted by Crippen LogP contribution is 2.37. The predicted octanol–water partition coefficient (Wildman–Crippen LogP) is 3.92. The first kappa shape index (κ1) is 16.8. The summed E-state index contributed by atoms with van der Waals surface area (Å²) in [5, 5.41) is 7.41. The number of carbonyl (C=O) groups excluding carboxylic acids is 1. The Kier molecular flexibility index (Phi) is 4.49. The van der Waals surface area contributed by atoms with Crippen LogP contribution >= 0.6 is 0 Å². The number of benzene rings is 1. The molecule has 0 spiro atoms. The van der Waals surface area contributed by atoms with Gasteiger partial charge in [-0.2, -0.15) is 5.10 Å². The summed E-state index contributed by atoms with van der Waals surface area (Å²) in [6.45, 7) is 5.97. The molecule has 1 unspecified atom stereocenters. The van der Waals surface area contributed by atoms with E-state index in [0.717, 1.165) is 41.9 Å². The monoisotopic (exact) mass is 351 g/mol. The summed E-state index contributed by atoms with van der Waals surface area (Å²) in [4.78, 5) is 17.2. The maximum Gasteiger partial charge on any atom is 0.226 e. The van der Waals surface area contributed by atoms with Crippen molar-refractivity contribution in [3.05, 3.63) is 41.9 Å². The van der Waals surface area contributed by atoms with Crippen LogP contribution in [0.3, 0.4) is 0 Å². The Balaban J connectivity index is 1.82. The molecule has 0 radical (unpaired) electrons. The second kappa shape index (κ2) is 6.94. The minimum atomic E-state index is -0.0481. The third-order valence-corrected chi connectivity index (χ3v) is 5.12. The van der Waals surface area contributed by atoms with E-state index >= 15 is 0 Å². The van der Waals surface area contributed by atoms with Crippen LogP contribution in [0.15, 0.2) is 30.5 Å². The number of nitrogens with one attached hydrogen (secondary N) is 1. The van der Waals surface area contributed by atoms with Crippen molar-refractivity contribution in [2.24, 2.45) is 0 Å². The molecule has 1 N–H and O–H groups in total. The van der Waals surface area contributed by atoms with Crippen molar-refractivity contribution in [3.63, 3.8) is 0 Å². The summed E-state index contributed by atoms with van der Waals surface area (Å²) in [6.07, 6.45) is 5.95. The zero-order valence-electron chi connectivity index (χ0n) is 15.4. The molecular formula is C20H25N5O. The molecule has 1 atom stereocenters. The molecule has 0 bridgehead atoms. The number of aromatic nitrogens is 4. The van der Waals surface area contributed by atoms with E-state index in [2.05, 4.69) is 53.2 Å². The second-order valence-electron chi connectivity index (χ2n) is 6.91. The Hall–Kier alpha value is -2.63. The molecule has 1 amide bonds. The van der Waals surface area contributed by atoms with Crippen molar-refractivity contribution >= 4 is 22.8 Å². The van der Waals surface area contributed by atoms with Crippen LogP contribution in [0.4, 0.5) is 5.82 Å². The maximum atomic E-state index is 12.3. The number of nitrogens with zero attached hydrogens (tertiary/aromatic N) is 4. The third kappa shape index (κ3) is 2.89. The molecule has 3 aromatic rings. The number of aryl methyl sites for hydroxylation is 2. The highest BCUT2D eigenvalue weighted by atomic mass is 16.1. The Labute approximate surface area is 153 Å². The molecular weight excluding hydrogens is 326 g/mol. The van der Waals surface area contributed by atoms with Crippen LogP contribution in [0.1, 0.15) is 56.8 Å². The number of rotatable bonds is 6. The molecule has 1 aliphatic heterocycles. The fourth-order valence-corrected chi connectivity index (χ4v) is 3.77. The van der Waals surface area contributed by atoms with Gasteiger partial charge in [0.15, 0.2) is 5.82 Å². The summed E-state index contributed by atoms with van der Waals surface area (Å²) < 4.78 is 4.19. The molecule has 3 heterocycles. The van der Waals surface area contributed by atoms with Gasteiger partial charge in [-0.25, -0.2) is 4.98 Å². The topological polar surface area (TPSA) is 64.7 Å². The lowest BCUT2D eigenvalue weighted by molar-refractivity contribution is -0.116. The molecule has 6 nitrogen and oxygen atoms in total. The molecule has 0 aliphatic carbocycles. The first-order valence-electron chi connectivity index (χ1n) is 9.53. The van der Waals surface area contributed by atoms with Gasteiger partial charge in [0.2, 0.25) is 5.91 Å². The van der Waals surface area contributed by atoms with E-state index in [0.29, 0.717) is 12.2 Å². The summed E-state index contributed by atoms with van der Waals surface area (Å²) in [5.41, 5.74) is 3.21. The van der Waals surface area contributed by atoms with Crippen molar-refractivity contribution in [2.75, 3.05) is 5.32 Å². The van der Waals surface area contributed by atoms with E-state index in [4.69, 9.17) is 4.98 Å². The van der Waals surface area contributed by atoms with E-state index in [1.165, 1.54) is 12.8 Å². The number of hydrogen-bond acceptors (Lipinski definition) is 3. The third-order valence-electron chi connectivity index (χ3n) is 5.12. The SMILES string of the molecule is CCCCCn1c(C2CC(=O)Nc3nn(CC)cc32)nc2ccccc21. The smallest absolute Gasteiger partial charge is 0.226 e. The first-order chi connectivity index (χ1) is 12.7. The Morgan fingerprint density at radius 1 is 1.23 bits per heavy atom. The molecule has 6 heteroatoms. The number of fused-ring (bicyclic) bond motifs is 2. The highest BCUT2D eigenvalue weighted by Gasteiger charge is 2.32. The number of amides is 1. The number of anilines is 1. The summed E-state index contributed by atoms with van der Waals surface area (Å²) in [7, 11) is 0. The molecule has 4 rings (SSSR count). The van der Waals surface area contributed by atoms with Gasteiger partial charge in [-0.1, -0.05) is 31.9 Å². The van der Waals surface area contributed by atoms with E-state index in [9.17, 15) is 4.79 Å².